The summed E-state index contributed by atoms with van der Waals surface area (Å²) in [5, 5.41) is 15.3. The number of likely N-dealkylation sites (tertiary alicyclic amines) is 1. The second-order valence-corrected chi connectivity index (χ2v) is 5.68. The molecule has 5 nitrogen and oxygen atoms in total. The van der Waals surface area contributed by atoms with Gasteiger partial charge in [-0.3, -0.25) is 4.90 Å². The minimum atomic E-state index is 0.155. The van der Waals surface area contributed by atoms with E-state index < -0.39 is 0 Å². The Kier molecular flexibility index (Phi) is 5.59. The molecular weight excluding hydrogens is 264 g/mol. The van der Waals surface area contributed by atoms with Crippen molar-refractivity contribution in [3.05, 3.63) is 34.9 Å². The number of rotatable bonds is 6. The molecule has 0 aliphatic carbocycles. The summed E-state index contributed by atoms with van der Waals surface area (Å²) in [5.74, 6) is 0.155. The lowest BCUT2D eigenvalue weighted by atomic mass is 10.0. The van der Waals surface area contributed by atoms with Gasteiger partial charge >= 0.3 is 0 Å². The molecule has 1 heterocycles. The van der Waals surface area contributed by atoms with Gasteiger partial charge in [-0.05, 0) is 50.0 Å². The predicted octanol–water partition coefficient (Wildman–Crippen LogP) is 1.66. The third-order valence-corrected chi connectivity index (χ3v) is 4.35. The molecule has 0 saturated carbocycles. The molecule has 1 aliphatic rings. The molecule has 0 spiro atoms. The number of oxime groups is 1. The molecule has 0 aromatic heterocycles. The SMILES string of the molecule is CCN1CCCC1CNCc1ccc(/C(N)=N/O)cc1C. The van der Waals surface area contributed by atoms with Crippen LogP contribution in [0.1, 0.15) is 36.5 Å². The van der Waals surface area contributed by atoms with Crippen LogP contribution in [0.4, 0.5) is 0 Å². The van der Waals surface area contributed by atoms with Crippen LogP contribution in [0.5, 0.6) is 0 Å². The van der Waals surface area contributed by atoms with Gasteiger partial charge in [-0.2, -0.15) is 0 Å². The van der Waals surface area contributed by atoms with E-state index in [0.717, 1.165) is 30.8 Å². The monoisotopic (exact) mass is 290 g/mol. The first-order valence-electron chi connectivity index (χ1n) is 7.68. The van der Waals surface area contributed by atoms with E-state index in [0.29, 0.717) is 6.04 Å². The lowest BCUT2D eigenvalue weighted by molar-refractivity contribution is 0.260. The molecular formula is C16H26N4O. The van der Waals surface area contributed by atoms with Gasteiger partial charge in [-0.1, -0.05) is 24.2 Å². The van der Waals surface area contributed by atoms with Crippen LogP contribution < -0.4 is 11.1 Å². The van der Waals surface area contributed by atoms with Crippen LogP contribution in [-0.4, -0.2) is 41.6 Å². The van der Waals surface area contributed by atoms with E-state index >= 15 is 0 Å². The van der Waals surface area contributed by atoms with Crippen LogP contribution in [0.25, 0.3) is 0 Å². The van der Waals surface area contributed by atoms with Crippen molar-refractivity contribution >= 4 is 5.84 Å². The van der Waals surface area contributed by atoms with Crippen molar-refractivity contribution < 1.29 is 5.21 Å². The maximum absolute atomic E-state index is 8.71. The minimum absolute atomic E-state index is 0.155. The Morgan fingerprint density at radius 3 is 3.00 bits per heavy atom. The summed E-state index contributed by atoms with van der Waals surface area (Å²) in [7, 11) is 0. The Bertz CT molecular complexity index is 501. The molecule has 5 heteroatoms. The Labute approximate surface area is 126 Å². The number of nitrogens with two attached hydrogens (primary N) is 1. The van der Waals surface area contributed by atoms with Crippen LogP contribution in [0.15, 0.2) is 23.4 Å². The number of likely N-dealkylation sites (N-methyl/N-ethyl adjacent to an activating group) is 1. The largest absolute Gasteiger partial charge is 0.409 e. The fourth-order valence-corrected chi connectivity index (χ4v) is 3.03. The summed E-state index contributed by atoms with van der Waals surface area (Å²) >= 11 is 0. The first-order chi connectivity index (χ1) is 10.2. The summed E-state index contributed by atoms with van der Waals surface area (Å²) < 4.78 is 0. The molecule has 116 valence electrons. The lowest BCUT2D eigenvalue weighted by Crippen LogP contribution is -2.37. The first-order valence-corrected chi connectivity index (χ1v) is 7.68. The van der Waals surface area contributed by atoms with Gasteiger partial charge in [0.1, 0.15) is 0 Å². The summed E-state index contributed by atoms with van der Waals surface area (Å²) in [5.41, 5.74) is 8.77. The smallest absolute Gasteiger partial charge is 0.170 e. The Balaban J connectivity index is 1.89. The molecule has 1 unspecified atom stereocenters. The summed E-state index contributed by atoms with van der Waals surface area (Å²) in [6.07, 6.45) is 2.61. The molecule has 0 amide bonds. The number of amidine groups is 1. The Morgan fingerprint density at radius 1 is 1.52 bits per heavy atom. The van der Waals surface area contributed by atoms with E-state index in [1.54, 1.807) is 0 Å². The molecule has 1 aromatic rings. The van der Waals surface area contributed by atoms with Gasteiger partial charge < -0.3 is 16.3 Å². The molecule has 0 bridgehead atoms. The van der Waals surface area contributed by atoms with Crippen molar-refractivity contribution in [2.45, 2.75) is 39.3 Å². The van der Waals surface area contributed by atoms with E-state index in [4.69, 9.17) is 10.9 Å². The predicted molar refractivity (Wildman–Crippen MR) is 85.7 cm³/mol. The zero-order valence-electron chi connectivity index (χ0n) is 13.0. The number of aryl methyl sites for hydroxylation is 1. The maximum Gasteiger partial charge on any atom is 0.170 e. The highest BCUT2D eigenvalue weighted by molar-refractivity contribution is 5.97. The van der Waals surface area contributed by atoms with Crippen molar-refractivity contribution in [3.63, 3.8) is 0 Å². The van der Waals surface area contributed by atoms with Crippen molar-refractivity contribution in [3.8, 4) is 0 Å². The lowest BCUT2D eigenvalue weighted by Gasteiger charge is -2.23. The second kappa shape index (κ2) is 7.43. The average Bonchev–Trinajstić information content (AvgIpc) is 2.95. The molecule has 1 atom stereocenters. The van der Waals surface area contributed by atoms with E-state index in [1.165, 1.54) is 24.9 Å². The van der Waals surface area contributed by atoms with Crippen LogP contribution in [0.2, 0.25) is 0 Å². The number of benzene rings is 1. The van der Waals surface area contributed by atoms with Gasteiger partial charge in [-0.15, -0.1) is 0 Å². The normalized spacial score (nSPS) is 20.1. The second-order valence-electron chi connectivity index (χ2n) is 5.68. The zero-order valence-corrected chi connectivity index (χ0v) is 13.0. The van der Waals surface area contributed by atoms with Gasteiger partial charge in [0.25, 0.3) is 0 Å². The third kappa shape index (κ3) is 3.95. The van der Waals surface area contributed by atoms with Gasteiger partial charge in [0.05, 0.1) is 0 Å². The molecule has 4 N–H and O–H groups in total. The quantitative estimate of drug-likeness (QED) is 0.322. The summed E-state index contributed by atoms with van der Waals surface area (Å²) in [6, 6.07) is 6.57. The van der Waals surface area contributed by atoms with E-state index in [9.17, 15) is 0 Å². The van der Waals surface area contributed by atoms with Crippen molar-refractivity contribution in [1.82, 2.24) is 10.2 Å². The van der Waals surface area contributed by atoms with Gasteiger partial charge in [-0.25, -0.2) is 0 Å². The van der Waals surface area contributed by atoms with Crippen molar-refractivity contribution in [2.24, 2.45) is 10.9 Å². The number of nitrogens with one attached hydrogen (secondary N) is 1. The molecule has 1 aliphatic heterocycles. The number of nitrogens with zero attached hydrogens (tertiary/aromatic N) is 2. The highest BCUT2D eigenvalue weighted by atomic mass is 16.4. The topological polar surface area (TPSA) is 73.9 Å². The zero-order chi connectivity index (χ0) is 15.2. The Hall–Kier alpha value is -1.59. The standard InChI is InChI=1S/C16H26N4O/c1-3-20-8-4-5-15(20)11-18-10-14-7-6-13(9-12(14)2)16(17)19-21/h6-7,9,15,18,21H,3-5,8,10-11H2,1-2H3,(H2,17,19). The van der Waals surface area contributed by atoms with Crippen LogP contribution in [-0.2, 0) is 6.54 Å². The molecule has 1 aromatic carbocycles. The van der Waals surface area contributed by atoms with Gasteiger partial charge in [0, 0.05) is 24.7 Å². The molecule has 2 rings (SSSR count). The first kappa shape index (κ1) is 15.8. The molecule has 21 heavy (non-hydrogen) atoms. The summed E-state index contributed by atoms with van der Waals surface area (Å²) in [6.45, 7) is 8.55. The van der Waals surface area contributed by atoms with Gasteiger partial charge in [0.2, 0.25) is 0 Å². The highest BCUT2D eigenvalue weighted by Gasteiger charge is 2.22. The van der Waals surface area contributed by atoms with E-state index in [-0.39, 0.29) is 5.84 Å². The van der Waals surface area contributed by atoms with Crippen LogP contribution in [0.3, 0.4) is 0 Å². The van der Waals surface area contributed by atoms with Crippen molar-refractivity contribution in [2.75, 3.05) is 19.6 Å². The maximum atomic E-state index is 8.71. The fraction of sp³-hybridized carbons (Fsp3) is 0.562. The molecule has 1 fully saturated rings. The fourth-order valence-electron chi connectivity index (χ4n) is 3.03. The van der Waals surface area contributed by atoms with Crippen molar-refractivity contribution in [1.29, 1.82) is 0 Å². The van der Waals surface area contributed by atoms with Gasteiger partial charge in [0.15, 0.2) is 5.84 Å². The highest BCUT2D eigenvalue weighted by Crippen LogP contribution is 2.16. The average molecular weight is 290 g/mol. The molecule has 0 radical (unpaired) electrons. The third-order valence-electron chi connectivity index (χ3n) is 4.35. The van der Waals surface area contributed by atoms with Crippen LogP contribution >= 0.6 is 0 Å². The summed E-state index contributed by atoms with van der Waals surface area (Å²) in [4.78, 5) is 2.54. The molecule has 1 saturated heterocycles. The minimum Gasteiger partial charge on any atom is -0.409 e. The number of hydrogen-bond acceptors (Lipinski definition) is 4. The van der Waals surface area contributed by atoms with E-state index in [2.05, 4.69) is 29.2 Å². The van der Waals surface area contributed by atoms with E-state index in [1.807, 2.05) is 18.2 Å². The number of hydrogen-bond donors (Lipinski definition) is 3. The van der Waals surface area contributed by atoms with Crippen LogP contribution in [0, 0.1) is 6.92 Å². The Morgan fingerprint density at radius 2 is 2.33 bits per heavy atom.